The van der Waals surface area contributed by atoms with Crippen LogP contribution in [0.4, 0.5) is 10.1 Å². The van der Waals surface area contributed by atoms with Crippen molar-refractivity contribution in [2.75, 3.05) is 25.1 Å². The highest BCUT2D eigenvalue weighted by atomic mass is 19.1. The van der Waals surface area contributed by atoms with Crippen LogP contribution in [0.3, 0.4) is 0 Å². The van der Waals surface area contributed by atoms with E-state index in [1.54, 1.807) is 6.92 Å². The van der Waals surface area contributed by atoms with Crippen LogP contribution in [0.1, 0.15) is 12.5 Å². The van der Waals surface area contributed by atoms with Gasteiger partial charge in [0.1, 0.15) is 5.82 Å². The maximum atomic E-state index is 13.1. The van der Waals surface area contributed by atoms with Crippen molar-refractivity contribution in [3.05, 3.63) is 29.6 Å². The van der Waals surface area contributed by atoms with Gasteiger partial charge in [-0.25, -0.2) is 4.39 Å². The fourth-order valence-corrected chi connectivity index (χ4v) is 1.32. The van der Waals surface area contributed by atoms with Crippen LogP contribution >= 0.6 is 0 Å². The van der Waals surface area contributed by atoms with E-state index < -0.39 is 5.41 Å². The van der Waals surface area contributed by atoms with E-state index in [1.807, 2.05) is 13.0 Å². The maximum Gasteiger partial charge on any atom is 0.125 e. The first-order valence-electron chi connectivity index (χ1n) is 5.22. The monoisotopic (exact) mass is 227 g/mol. The maximum absolute atomic E-state index is 13.1. The SMILES string of the molecule is Cc1cc(F)cc(NCC(C)(CO)CO)c1. The molecule has 0 aliphatic carbocycles. The molecule has 0 spiro atoms. The zero-order chi connectivity index (χ0) is 12.2. The smallest absolute Gasteiger partial charge is 0.125 e. The molecule has 4 heteroatoms. The summed E-state index contributed by atoms with van der Waals surface area (Å²) in [5, 5.41) is 21.2. The lowest BCUT2D eigenvalue weighted by atomic mass is 9.93. The zero-order valence-electron chi connectivity index (χ0n) is 9.63. The summed E-state index contributed by atoms with van der Waals surface area (Å²) in [5.74, 6) is -0.294. The molecule has 0 amide bonds. The van der Waals surface area contributed by atoms with E-state index >= 15 is 0 Å². The number of hydrogen-bond acceptors (Lipinski definition) is 3. The van der Waals surface area contributed by atoms with E-state index in [4.69, 9.17) is 10.2 Å². The Labute approximate surface area is 94.9 Å². The molecule has 0 aliphatic rings. The second-order valence-corrected chi connectivity index (χ2v) is 4.50. The Hall–Kier alpha value is -1.13. The molecule has 0 saturated heterocycles. The average molecular weight is 227 g/mol. The number of benzene rings is 1. The number of aliphatic hydroxyl groups is 2. The zero-order valence-corrected chi connectivity index (χ0v) is 9.63. The van der Waals surface area contributed by atoms with Gasteiger partial charge in [0.15, 0.2) is 0 Å². The Kier molecular flexibility index (Phi) is 4.26. The molecular weight excluding hydrogens is 209 g/mol. The fourth-order valence-electron chi connectivity index (χ4n) is 1.32. The minimum atomic E-state index is -0.597. The van der Waals surface area contributed by atoms with Gasteiger partial charge in [-0.1, -0.05) is 6.92 Å². The number of hydrogen-bond donors (Lipinski definition) is 3. The summed E-state index contributed by atoms with van der Waals surface area (Å²) in [6.07, 6.45) is 0. The highest BCUT2D eigenvalue weighted by Gasteiger charge is 2.21. The summed E-state index contributed by atoms with van der Waals surface area (Å²) >= 11 is 0. The predicted octanol–water partition coefficient (Wildman–Crippen LogP) is 1.54. The van der Waals surface area contributed by atoms with Crippen molar-refractivity contribution in [2.45, 2.75) is 13.8 Å². The molecule has 3 nitrogen and oxygen atoms in total. The van der Waals surface area contributed by atoms with Gasteiger partial charge in [-0.05, 0) is 30.7 Å². The third-order valence-corrected chi connectivity index (χ3v) is 2.52. The normalized spacial score (nSPS) is 11.6. The van der Waals surface area contributed by atoms with Crippen molar-refractivity contribution in [3.63, 3.8) is 0 Å². The highest BCUT2D eigenvalue weighted by molar-refractivity contribution is 5.46. The molecule has 0 saturated carbocycles. The van der Waals surface area contributed by atoms with Crippen molar-refractivity contribution in [1.29, 1.82) is 0 Å². The minimum Gasteiger partial charge on any atom is -0.396 e. The summed E-state index contributed by atoms with van der Waals surface area (Å²) in [4.78, 5) is 0. The van der Waals surface area contributed by atoms with Gasteiger partial charge in [0.25, 0.3) is 0 Å². The molecule has 0 aliphatic heterocycles. The second kappa shape index (κ2) is 5.27. The fraction of sp³-hybridized carbons (Fsp3) is 0.500. The highest BCUT2D eigenvalue weighted by Crippen LogP contribution is 2.18. The molecule has 0 heterocycles. The molecule has 1 aromatic carbocycles. The molecule has 0 radical (unpaired) electrons. The molecule has 1 rings (SSSR count). The Bertz CT molecular complexity index is 331. The predicted molar refractivity (Wildman–Crippen MR) is 61.9 cm³/mol. The quantitative estimate of drug-likeness (QED) is 0.715. The Morgan fingerprint density at radius 2 is 1.88 bits per heavy atom. The van der Waals surface area contributed by atoms with Crippen LogP contribution in [0.25, 0.3) is 0 Å². The van der Waals surface area contributed by atoms with E-state index in [0.717, 1.165) is 5.56 Å². The van der Waals surface area contributed by atoms with Crippen molar-refractivity contribution < 1.29 is 14.6 Å². The average Bonchev–Trinajstić information content (AvgIpc) is 2.25. The van der Waals surface area contributed by atoms with Gasteiger partial charge in [-0.15, -0.1) is 0 Å². The number of halogens is 1. The van der Waals surface area contributed by atoms with Gasteiger partial charge < -0.3 is 15.5 Å². The summed E-state index contributed by atoms with van der Waals surface area (Å²) in [7, 11) is 0. The topological polar surface area (TPSA) is 52.5 Å². The standard InChI is InChI=1S/C12H18FNO2/c1-9-3-10(13)5-11(4-9)14-6-12(2,7-15)8-16/h3-5,14-16H,6-8H2,1-2H3. The molecule has 0 bridgehead atoms. The minimum absolute atomic E-state index is 0.120. The van der Waals surface area contributed by atoms with Gasteiger partial charge in [0.05, 0.1) is 13.2 Å². The molecule has 0 fully saturated rings. The summed E-state index contributed by atoms with van der Waals surface area (Å²) < 4.78 is 13.1. The molecule has 0 aromatic heterocycles. The Morgan fingerprint density at radius 3 is 2.38 bits per heavy atom. The third kappa shape index (κ3) is 3.47. The van der Waals surface area contributed by atoms with Crippen LogP contribution in [0, 0.1) is 18.2 Å². The molecule has 0 unspecified atom stereocenters. The molecular formula is C12H18FNO2. The van der Waals surface area contributed by atoms with Crippen LogP contribution in [0.15, 0.2) is 18.2 Å². The lowest BCUT2D eigenvalue weighted by Gasteiger charge is -2.25. The van der Waals surface area contributed by atoms with Gasteiger partial charge >= 0.3 is 0 Å². The number of rotatable bonds is 5. The third-order valence-electron chi connectivity index (χ3n) is 2.52. The van der Waals surface area contributed by atoms with Crippen molar-refractivity contribution in [3.8, 4) is 0 Å². The van der Waals surface area contributed by atoms with Gasteiger partial charge in [0.2, 0.25) is 0 Å². The number of anilines is 1. The van der Waals surface area contributed by atoms with E-state index in [-0.39, 0.29) is 19.0 Å². The van der Waals surface area contributed by atoms with Crippen LogP contribution in [0.2, 0.25) is 0 Å². The molecule has 1 aromatic rings. The summed E-state index contributed by atoms with van der Waals surface area (Å²) in [6.45, 7) is 3.72. The van der Waals surface area contributed by atoms with Crippen LogP contribution in [0.5, 0.6) is 0 Å². The van der Waals surface area contributed by atoms with Gasteiger partial charge in [-0.2, -0.15) is 0 Å². The van der Waals surface area contributed by atoms with Gasteiger partial charge in [0, 0.05) is 17.6 Å². The van der Waals surface area contributed by atoms with Crippen molar-refractivity contribution >= 4 is 5.69 Å². The van der Waals surface area contributed by atoms with E-state index in [0.29, 0.717) is 12.2 Å². The summed E-state index contributed by atoms with van der Waals surface area (Å²) in [5.41, 5.74) is 0.892. The summed E-state index contributed by atoms with van der Waals surface area (Å²) in [6, 6.07) is 4.66. The lowest BCUT2D eigenvalue weighted by molar-refractivity contribution is 0.0806. The largest absolute Gasteiger partial charge is 0.396 e. The molecule has 90 valence electrons. The molecule has 0 atom stereocenters. The van der Waals surface area contributed by atoms with Crippen molar-refractivity contribution in [2.24, 2.45) is 5.41 Å². The van der Waals surface area contributed by atoms with Crippen LogP contribution in [-0.4, -0.2) is 30.0 Å². The first-order chi connectivity index (χ1) is 7.49. The molecule has 16 heavy (non-hydrogen) atoms. The van der Waals surface area contributed by atoms with E-state index in [1.165, 1.54) is 12.1 Å². The first kappa shape index (κ1) is 12.9. The second-order valence-electron chi connectivity index (χ2n) is 4.50. The van der Waals surface area contributed by atoms with Gasteiger partial charge in [-0.3, -0.25) is 0 Å². The number of aliphatic hydroxyl groups excluding tert-OH is 2. The van der Waals surface area contributed by atoms with Crippen LogP contribution < -0.4 is 5.32 Å². The van der Waals surface area contributed by atoms with E-state index in [2.05, 4.69) is 5.32 Å². The van der Waals surface area contributed by atoms with Crippen molar-refractivity contribution in [1.82, 2.24) is 0 Å². The first-order valence-corrected chi connectivity index (χ1v) is 5.22. The Morgan fingerprint density at radius 1 is 1.25 bits per heavy atom. The van der Waals surface area contributed by atoms with E-state index in [9.17, 15) is 4.39 Å². The van der Waals surface area contributed by atoms with Crippen LogP contribution in [-0.2, 0) is 0 Å². The number of nitrogens with one attached hydrogen (secondary N) is 1. The molecule has 3 N–H and O–H groups in total. The number of aryl methyl sites for hydroxylation is 1. The Balaban J connectivity index is 2.67. The lowest BCUT2D eigenvalue weighted by Crippen LogP contribution is -2.34.